The number of aliphatic hydroxyl groups is 1. The van der Waals surface area contributed by atoms with E-state index in [0.717, 1.165) is 35.4 Å². The highest BCUT2D eigenvalue weighted by Crippen LogP contribution is 2.42. The van der Waals surface area contributed by atoms with Gasteiger partial charge in [0.1, 0.15) is 47.9 Å². The molecule has 1 fully saturated rings. The molecule has 2 unspecified atom stereocenters. The molecule has 9 heteroatoms. The molecule has 1 aliphatic heterocycles. The van der Waals surface area contributed by atoms with Crippen molar-refractivity contribution in [2.75, 3.05) is 13.2 Å². The molecule has 1 aromatic heterocycles. The molecule has 50 heavy (non-hydrogen) atoms. The summed E-state index contributed by atoms with van der Waals surface area (Å²) in [4.78, 5) is 11.6. The minimum absolute atomic E-state index is 0.00626. The van der Waals surface area contributed by atoms with E-state index in [1.165, 1.54) is 5.57 Å². The second-order valence-electron chi connectivity index (χ2n) is 14.1. The third kappa shape index (κ3) is 10.5. The fraction of sp³-hybridized carbons (Fsp3) is 0.439. The maximum Gasteiger partial charge on any atom is 0.335 e. The van der Waals surface area contributed by atoms with E-state index in [1.807, 2.05) is 45.0 Å². The Labute approximate surface area is 295 Å². The zero-order chi connectivity index (χ0) is 36.6. The number of furan rings is 1. The molecule has 1 aliphatic rings. The smallest absolute Gasteiger partial charge is 0.335 e. The van der Waals surface area contributed by atoms with Crippen LogP contribution in [0.15, 0.2) is 83.2 Å². The van der Waals surface area contributed by atoms with Gasteiger partial charge in [0.15, 0.2) is 0 Å². The van der Waals surface area contributed by atoms with E-state index in [2.05, 4.69) is 33.4 Å². The van der Waals surface area contributed by atoms with Crippen LogP contribution in [0.3, 0.4) is 0 Å². The van der Waals surface area contributed by atoms with Gasteiger partial charge in [-0.3, -0.25) is 0 Å². The highest BCUT2D eigenvalue weighted by Gasteiger charge is 2.46. The first-order valence-corrected chi connectivity index (χ1v) is 17.1. The Kier molecular flexibility index (Phi) is 12.6. The number of esters is 1. The highest BCUT2D eigenvalue weighted by atomic mass is 16.6. The number of carbonyl (C=O) groups is 1. The van der Waals surface area contributed by atoms with Crippen molar-refractivity contribution in [1.29, 1.82) is 0 Å². The number of rotatable bonds is 18. The number of phenolic OH excluding ortho intramolecular Hbond substituents is 1. The molecule has 0 amide bonds. The summed E-state index contributed by atoms with van der Waals surface area (Å²) in [6.45, 7) is 19.5. The van der Waals surface area contributed by atoms with E-state index in [-0.39, 0.29) is 11.4 Å². The van der Waals surface area contributed by atoms with Crippen LogP contribution in [0.4, 0.5) is 0 Å². The Morgan fingerprint density at radius 1 is 1.06 bits per heavy atom. The molecule has 2 heterocycles. The van der Waals surface area contributed by atoms with Gasteiger partial charge < -0.3 is 38.3 Å². The molecule has 9 nitrogen and oxygen atoms in total. The topological polar surface area (TPSA) is 120 Å². The molecule has 270 valence electrons. The molecule has 0 saturated carbocycles. The van der Waals surface area contributed by atoms with Gasteiger partial charge >= 0.3 is 5.97 Å². The van der Waals surface area contributed by atoms with Crippen molar-refractivity contribution in [2.24, 2.45) is 0 Å². The van der Waals surface area contributed by atoms with Gasteiger partial charge in [-0.15, -0.1) is 0 Å². The number of allylic oxidation sites excluding steroid dienone is 3. The van der Waals surface area contributed by atoms with Crippen molar-refractivity contribution >= 4 is 22.5 Å². The summed E-state index contributed by atoms with van der Waals surface area (Å²) in [5.74, 6) is 0.970. The molecule has 3 aromatic rings. The third-order valence-electron chi connectivity index (χ3n) is 8.93. The van der Waals surface area contributed by atoms with Crippen molar-refractivity contribution in [3.63, 3.8) is 0 Å². The van der Waals surface area contributed by atoms with Crippen LogP contribution in [0.5, 0.6) is 23.0 Å². The SMILES string of the molecule is C=CC(=O)Oc1cc(OC/C=C(\C)CCC(O/C=C(/C)c2c(O)cc3occc3c2OC/C=C(\C)CCC2OC2(C)C)C(C)(C)O)ccc1C. The van der Waals surface area contributed by atoms with Gasteiger partial charge in [-0.05, 0) is 116 Å². The fourth-order valence-corrected chi connectivity index (χ4v) is 5.57. The second kappa shape index (κ2) is 16.5. The van der Waals surface area contributed by atoms with E-state index in [1.54, 1.807) is 38.5 Å². The lowest BCUT2D eigenvalue weighted by Crippen LogP contribution is -2.37. The van der Waals surface area contributed by atoms with Gasteiger partial charge in [0, 0.05) is 18.2 Å². The molecule has 1 saturated heterocycles. The maximum atomic E-state index is 11.6. The Morgan fingerprint density at radius 3 is 2.40 bits per heavy atom. The van der Waals surface area contributed by atoms with Crippen LogP contribution in [0.2, 0.25) is 0 Å². The lowest BCUT2D eigenvalue weighted by molar-refractivity contribution is -0.129. The number of fused-ring (bicyclic) bond motifs is 1. The number of ether oxygens (including phenoxy) is 5. The van der Waals surface area contributed by atoms with E-state index >= 15 is 0 Å². The predicted molar refractivity (Wildman–Crippen MR) is 196 cm³/mol. The van der Waals surface area contributed by atoms with Crippen LogP contribution >= 0.6 is 0 Å². The quantitative estimate of drug-likeness (QED) is 0.0337. The number of aromatic hydroxyl groups is 1. The normalized spacial score (nSPS) is 17.0. The van der Waals surface area contributed by atoms with Crippen molar-refractivity contribution < 1.29 is 43.1 Å². The standard InChI is InChI=1S/C41H52O9/c1-10-37(43)49-33-23-30(14-13-28(33)4)45-20-17-26(2)11-15-35(40(6,7)44)48-25-29(5)38-32(42)24-34-31(19-22-46-34)39(38)47-21-18-27(3)12-16-36-41(8,9)50-36/h10,13-14,17-19,22-25,35-36,42,44H,1,11-12,15-16,20-21H2,2-9H3/b26-17+,27-18+,29-25-. The molecule has 0 radical (unpaired) electrons. The van der Waals surface area contributed by atoms with Crippen LogP contribution in [0, 0.1) is 6.92 Å². The van der Waals surface area contributed by atoms with Gasteiger partial charge in [0.05, 0.1) is 40.8 Å². The Morgan fingerprint density at radius 2 is 1.74 bits per heavy atom. The lowest BCUT2D eigenvalue weighted by atomic mass is 9.95. The minimum atomic E-state index is -1.15. The summed E-state index contributed by atoms with van der Waals surface area (Å²) in [6.07, 6.45) is 11.1. The molecular weight excluding hydrogens is 636 g/mol. The zero-order valence-corrected chi connectivity index (χ0v) is 30.6. The lowest BCUT2D eigenvalue weighted by Gasteiger charge is -2.29. The summed E-state index contributed by atoms with van der Waals surface area (Å²) in [5, 5.41) is 22.8. The van der Waals surface area contributed by atoms with E-state index in [0.29, 0.717) is 66.1 Å². The van der Waals surface area contributed by atoms with Crippen LogP contribution in [-0.2, 0) is 14.3 Å². The first-order valence-electron chi connectivity index (χ1n) is 17.1. The molecule has 2 atom stereocenters. The van der Waals surface area contributed by atoms with Crippen LogP contribution < -0.4 is 14.2 Å². The van der Waals surface area contributed by atoms with E-state index in [9.17, 15) is 15.0 Å². The Bertz CT molecular complexity index is 1750. The van der Waals surface area contributed by atoms with Crippen LogP contribution in [-0.4, -0.2) is 52.8 Å². The number of carbonyl (C=O) groups excluding carboxylic acids is 1. The molecule has 2 aromatic carbocycles. The molecule has 4 rings (SSSR count). The third-order valence-corrected chi connectivity index (χ3v) is 8.93. The second-order valence-corrected chi connectivity index (χ2v) is 14.1. The van der Waals surface area contributed by atoms with E-state index in [4.69, 9.17) is 28.1 Å². The number of benzene rings is 2. The minimum Gasteiger partial charge on any atom is -0.507 e. The van der Waals surface area contributed by atoms with Gasteiger partial charge in [0.2, 0.25) is 0 Å². The van der Waals surface area contributed by atoms with Gasteiger partial charge in [0.25, 0.3) is 0 Å². The maximum absolute atomic E-state index is 11.6. The summed E-state index contributed by atoms with van der Waals surface area (Å²) in [7, 11) is 0. The molecule has 2 N–H and O–H groups in total. The van der Waals surface area contributed by atoms with Gasteiger partial charge in [-0.25, -0.2) is 4.79 Å². The zero-order valence-electron chi connectivity index (χ0n) is 30.6. The van der Waals surface area contributed by atoms with Crippen molar-refractivity contribution in [3.05, 3.63) is 89.9 Å². The van der Waals surface area contributed by atoms with Crippen LogP contribution in [0.25, 0.3) is 16.5 Å². The first-order chi connectivity index (χ1) is 23.6. The molecule has 0 spiro atoms. The highest BCUT2D eigenvalue weighted by molar-refractivity contribution is 5.93. The van der Waals surface area contributed by atoms with Gasteiger partial charge in [-0.1, -0.05) is 23.8 Å². The summed E-state index contributed by atoms with van der Waals surface area (Å²) < 4.78 is 34.9. The summed E-state index contributed by atoms with van der Waals surface area (Å²) in [6, 6.07) is 8.71. The number of hydrogen-bond donors (Lipinski definition) is 2. The largest absolute Gasteiger partial charge is 0.507 e. The fourth-order valence-electron chi connectivity index (χ4n) is 5.57. The molecule has 0 bridgehead atoms. The molecule has 0 aliphatic carbocycles. The summed E-state index contributed by atoms with van der Waals surface area (Å²) >= 11 is 0. The van der Waals surface area contributed by atoms with Crippen molar-refractivity contribution in [2.45, 2.75) is 104 Å². The Hall–Kier alpha value is -4.47. The number of epoxide rings is 1. The predicted octanol–water partition coefficient (Wildman–Crippen LogP) is 9.14. The van der Waals surface area contributed by atoms with Crippen molar-refractivity contribution in [3.8, 4) is 23.0 Å². The van der Waals surface area contributed by atoms with Crippen LogP contribution in [0.1, 0.15) is 85.3 Å². The monoisotopic (exact) mass is 688 g/mol. The summed E-state index contributed by atoms with van der Waals surface area (Å²) in [5.41, 5.74) is 3.56. The number of hydrogen-bond acceptors (Lipinski definition) is 9. The molecular formula is C41H52O9. The van der Waals surface area contributed by atoms with Gasteiger partial charge in [-0.2, -0.15) is 0 Å². The average Bonchev–Trinajstić information content (AvgIpc) is 3.40. The van der Waals surface area contributed by atoms with E-state index < -0.39 is 17.7 Å². The number of aryl methyl sites for hydroxylation is 1. The first kappa shape index (κ1) is 38.3. The van der Waals surface area contributed by atoms with Crippen molar-refractivity contribution in [1.82, 2.24) is 0 Å². The average molecular weight is 689 g/mol. The number of phenols is 1. The Balaban J connectivity index is 1.40.